The quantitative estimate of drug-likeness (QED) is 0.722. The predicted molar refractivity (Wildman–Crippen MR) is 75.6 cm³/mol. The minimum Gasteiger partial charge on any atom is -0.493 e. The summed E-state index contributed by atoms with van der Waals surface area (Å²) in [5.41, 5.74) is 5.37. The molecule has 0 aliphatic heterocycles. The third-order valence-corrected chi connectivity index (χ3v) is 2.84. The van der Waals surface area contributed by atoms with Crippen LogP contribution in [0.2, 0.25) is 0 Å². The normalized spacial score (nSPS) is 10.1. The lowest BCUT2D eigenvalue weighted by Gasteiger charge is -2.07. The van der Waals surface area contributed by atoms with Gasteiger partial charge in [-0.25, -0.2) is 0 Å². The summed E-state index contributed by atoms with van der Waals surface area (Å²) < 4.78 is 6.44. The first-order valence-electron chi connectivity index (χ1n) is 6.07. The Morgan fingerprint density at radius 3 is 2.94 bits per heavy atom. The highest BCUT2D eigenvalue weighted by atomic mass is 79.9. The van der Waals surface area contributed by atoms with Crippen LogP contribution in [0.5, 0.6) is 5.75 Å². The van der Waals surface area contributed by atoms with E-state index in [9.17, 15) is 4.79 Å². The van der Waals surface area contributed by atoms with Crippen molar-refractivity contribution in [3.8, 4) is 5.75 Å². The summed E-state index contributed by atoms with van der Waals surface area (Å²) >= 11 is 3.36. The Bertz CT molecular complexity index is 372. The number of rotatable bonds is 8. The van der Waals surface area contributed by atoms with Crippen molar-refractivity contribution in [2.45, 2.75) is 19.3 Å². The molecule has 1 aromatic rings. The van der Waals surface area contributed by atoms with Gasteiger partial charge in [-0.15, -0.1) is 0 Å². The van der Waals surface area contributed by atoms with Crippen molar-refractivity contribution in [2.75, 3.05) is 19.7 Å². The lowest BCUT2D eigenvalue weighted by Crippen LogP contribution is -2.26. The van der Waals surface area contributed by atoms with E-state index in [-0.39, 0.29) is 5.91 Å². The van der Waals surface area contributed by atoms with Crippen LogP contribution in [0.25, 0.3) is 0 Å². The predicted octanol–water partition coefficient (Wildman–Crippen LogP) is 2.07. The maximum Gasteiger partial charge on any atom is 0.223 e. The number of hydrogen-bond acceptors (Lipinski definition) is 3. The Kier molecular flexibility index (Phi) is 7.44. The third kappa shape index (κ3) is 6.61. The van der Waals surface area contributed by atoms with Crippen molar-refractivity contribution in [3.63, 3.8) is 0 Å². The number of amides is 1. The van der Waals surface area contributed by atoms with E-state index in [0.717, 1.165) is 23.1 Å². The second-order valence-electron chi connectivity index (χ2n) is 3.90. The van der Waals surface area contributed by atoms with Crippen LogP contribution in [-0.2, 0) is 4.79 Å². The molecule has 0 saturated carbocycles. The lowest BCUT2D eigenvalue weighted by atomic mass is 10.3. The van der Waals surface area contributed by atoms with E-state index in [1.165, 1.54) is 0 Å². The molecule has 0 fully saturated rings. The second kappa shape index (κ2) is 8.94. The maximum absolute atomic E-state index is 11.4. The molecule has 18 heavy (non-hydrogen) atoms. The van der Waals surface area contributed by atoms with Crippen LogP contribution in [0.1, 0.15) is 19.3 Å². The molecule has 0 aliphatic rings. The molecule has 3 N–H and O–H groups in total. The molecule has 0 heterocycles. The zero-order valence-corrected chi connectivity index (χ0v) is 11.9. The Hall–Kier alpha value is -1.07. The number of nitrogens with two attached hydrogens (primary N) is 1. The fourth-order valence-electron chi connectivity index (χ4n) is 1.40. The first-order valence-corrected chi connectivity index (χ1v) is 6.87. The molecule has 4 nitrogen and oxygen atoms in total. The molecule has 0 radical (unpaired) electrons. The molecule has 1 rings (SSSR count). The highest BCUT2D eigenvalue weighted by molar-refractivity contribution is 9.10. The number of unbranched alkanes of at least 4 members (excludes halogenated alkanes) is 1. The highest BCUT2D eigenvalue weighted by Gasteiger charge is 2.01. The second-order valence-corrected chi connectivity index (χ2v) is 4.82. The lowest BCUT2D eigenvalue weighted by molar-refractivity contribution is -0.121. The van der Waals surface area contributed by atoms with E-state index in [1.807, 2.05) is 24.3 Å². The standard InChI is InChI=1S/C13H19BrN2O2/c14-11-4-3-5-12(10-11)18-9-6-13(17)16-8-2-1-7-15/h3-5,10H,1-2,6-9,15H2,(H,16,17). The van der Waals surface area contributed by atoms with E-state index in [4.69, 9.17) is 10.5 Å². The van der Waals surface area contributed by atoms with E-state index < -0.39 is 0 Å². The van der Waals surface area contributed by atoms with Crippen LogP contribution in [0.4, 0.5) is 0 Å². The fourth-order valence-corrected chi connectivity index (χ4v) is 1.78. The zero-order valence-electron chi connectivity index (χ0n) is 10.3. The van der Waals surface area contributed by atoms with Crippen molar-refractivity contribution in [1.29, 1.82) is 0 Å². The van der Waals surface area contributed by atoms with Gasteiger partial charge in [0.15, 0.2) is 0 Å². The van der Waals surface area contributed by atoms with Crippen molar-refractivity contribution in [2.24, 2.45) is 5.73 Å². The molecule has 0 aromatic heterocycles. The minimum absolute atomic E-state index is 0.0158. The topological polar surface area (TPSA) is 64.3 Å². The number of carbonyl (C=O) groups is 1. The Morgan fingerprint density at radius 2 is 2.22 bits per heavy atom. The Morgan fingerprint density at radius 1 is 1.39 bits per heavy atom. The number of ether oxygens (including phenoxy) is 1. The molecule has 100 valence electrons. The summed E-state index contributed by atoms with van der Waals surface area (Å²) in [6.45, 7) is 1.74. The summed E-state index contributed by atoms with van der Waals surface area (Å²) in [6, 6.07) is 7.56. The van der Waals surface area contributed by atoms with Gasteiger partial charge in [0.1, 0.15) is 5.75 Å². The molecular weight excluding hydrogens is 296 g/mol. The molecular formula is C13H19BrN2O2. The summed E-state index contributed by atoms with van der Waals surface area (Å²) in [5, 5.41) is 2.83. The van der Waals surface area contributed by atoms with E-state index in [2.05, 4.69) is 21.2 Å². The molecule has 1 amide bonds. The number of benzene rings is 1. The van der Waals surface area contributed by atoms with Crippen molar-refractivity contribution >= 4 is 21.8 Å². The van der Waals surface area contributed by atoms with Crippen molar-refractivity contribution < 1.29 is 9.53 Å². The minimum atomic E-state index is 0.0158. The molecule has 0 saturated heterocycles. The van der Waals surface area contributed by atoms with Crippen molar-refractivity contribution in [3.05, 3.63) is 28.7 Å². The Labute approximate surface area is 116 Å². The van der Waals surface area contributed by atoms with Gasteiger partial charge in [0.2, 0.25) is 5.91 Å². The van der Waals surface area contributed by atoms with Gasteiger partial charge in [0.05, 0.1) is 13.0 Å². The number of hydrogen-bond donors (Lipinski definition) is 2. The molecule has 0 bridgehead atoms. The van der Waals surface area contributed by atoms with E-state index in [1.54, 1.807) is 0 Å². The zero-order chi connectivity index (χ0) is 13.2. The van der Waals surface area contributed by atoms with Crippen LogP contribution in [-0.4, -0.2) is 25.6 Å². The fraction of sp³-hybridized carbons (Fsp3) is 0.462. The highest BCUT2D eigenvalue weighted by Crippen LogP contribution is 2.17. The first-order chi connectivity index (χ1) is 8.72. The molecule has 5 heteroatoms. The number of carbonyl (C=O) groups excluding carboxylic acids is 1. The van der Waals surface area contributed by atoms with Crippen LogP contribution < -0.4 is 15.8 Å². The van der Waals surface area contributed by atoms with E-state index in [0.29, 0.717) is 26.1 Å². The smallest absolute Gasteiger partial charge is 0.223 e. The number of nitrogens with one attached hydrogen (secondary N) is 1. The SMILES string of the molecule is NCCCCNC(=O)CCOc1cccc(Br)c1. The van der Waals surface area contributed by atoms with Crippen LogP contribution >= 0.6 is 15.9 Å². The first kappa shape index (κ1) is 15.0. The van der Waals surface area contributed by atoms with Gasteiger partial charge in [0, 0.05) is 11.0 Å². The largest absolute Gasteiger partial charge is 0.493 e. The van der Waals surface area contributed by atoms with Crippen LogP contribution in [0.3, 0.4) is 0 Å². The maximum atomic E-state index is 11.4. The van der Waals surface area contributed by atoms with Gasteiger partial charge < -0.3 is 15.8 Å². The van der Waals surface area contributed by atoms with Gasteiger partial charge in [0.25, 0.3) is 0 Å². The third-order valence-electron chi connectivity index (χ3n) is 2.35. The van der Waals surface area contributed by atoms with E-state index >= 15 is 0 Å². The Balaban J connectivity index is 2.12. The molecule has 0 spiro atoms. The number of halogens is 1. The van der Waals surface area contributed by atoms with Gasteiger partial charge in [-0.1, -0.05) is 22.0 Å². The van der Waals surface area contributed by atoms with Gasteiger partial charge in [-0.05, 0) is 37.6 Å². The molecule has 0 aliphatic carbocycles. The van der Waals surface area contributed by atoms with Crippen molar-refractivity contribution in [1.82, 2.24) is 5.32 Å². The van der Waals surface area contributed by atoms with Crippen LogP contribution in [0, 0.1) is 0 Å². The summed E-state index contributed by atoms with van der Waals surface area (Å²) in [5.74, 6) is 0.780. The summed E-state index contributed by atoms with van der Waals surface area (Å²) in [7, 11) is 0. The monoisotopic (exact) mass is 314 g/mol. The van der Waals surface area contributed by atoms with Gasteiger partial charge in [-0.3, -0.25) is 4.79 Å². The van der Waals surface area contributed by atoms with Gasteiger partial charge >= 0.3 is 0 Å². The van der Waals surface area contributed by atoms with Gasteiger partial charge in [-0.2, -0.15) is 0 Å². The average Bonchev–Trinajstić information content (AvgIpc) is 2.35. The molecule has 1 aromatic carbocycles. The summed E-state index contributed by atoms with van der Waals surface area (Å²) in [4.78, 5) is 11.4. The van der Waals surface area contributed by atoms with Crippen LogP contribution in [0.15, 0.2) is 28.7 Å². The molecule has 0 atom stereocenters. The summed E-state index contributed by atoms with van der Waals surface area (Å²) in [6.07, 6.45) is 2.23. The average molecular weight is 315 g/mol. The molecule has 0 unspecified atom stereocenters.